The Labute approximate surface area is 156 Å². The van der Waals surface area contributed by atoms with E-state index >= 15 is 0 Å². The van der Waals surface area contributed by atoms with Crippen molar-refractivity contribution in [1.29, 1.82) is 0 Å². The van der Waals surface area contributed by atoms with Crippen molar-refractivity contribution >= 4 is 33.3 Å². The van der Waals surface area contributed by atoms with Crippen LogP contribution < -0.4 is 19.5 Å². The lowest BCUT2D eigenvalue weighted by Crippen LogP contribution is -2.15. The van der Waals surface area contributed by atoms with Gasteiger partial charge in [0.25, 0.3) is 11.6 Å². The molecule has 2 aromatic rings. The molecule has 0 aliphatic carbocycles. The van der Waals surface area contributed by atoms with Crippen LogP contribution in [0.5, 0.6) is 23.0 Å². The van der Waals surface area contributed by atoms with Gasteiger partial charge in [-0.15, -0.1) is 0 Å². The predicted octanol–water partition coefficient (Wildman–Crippen LogP) is 2.74. The van der Waals surface area contributed by atoms with Gasteiger partial charge in [-0.05, 0) is 22.0 Å². The molecule has 2 N–H and O–H groups in total. The second-order valence-corrected chi connectivity index (χ2v) is 5.57. The predicted molar refractivity (Wildman–Crippen MR) is 94.3 cm³/mol. The molecule has 10 nitrogen and oxygen atoms in total. The number of halogens is 1. The van der Waals surface area contributed by atoms with E-state index in [-0.39, 0.29) is 33.1 Å². The van der Waals surface area contributed by atoms with Crippen molar-refractivity contribution in [2.45, 2.75) is 0 Å². The molecule has 11 heteroatoms. The molecule has 1 aromatic heterocycles. The number of amides is 1. The maximum atomic E-state index is 12.6. The van der Waals surface area contributed by atoms with Gasteiger partial charge in [-0.25, -0.2) is 4.98 Å². The Kier molecular flexibility index (Phi) is 5.82. The molecular formula is C15H14BrN3O7. The van der Waals surface area contributed by atoms with E-state index in [1.807, 2.05) is 0 Å². The second kappa shape index (κ2) is 7.87. The number of aromatic hydroxyl groups is 1. The Hall–Kier alpha value is -3.08. The average molecular weight is 428 g/mol. The summed E-state index contributed by atoms with van der Waals surface area (Å²) in [5, 5.41) is 22.9. The number of nitro groups is 1. The van der Waals surface area contributed by atoms with Gasteiger partial charge in [-0.1, -0.05) is 0 Å². The van der Waals surface area contributed by atoms with Crippen molar-refractivity contribution in [2.24, 2.45) is 0 Å². The zero-order valence-electron chi connectivity index (χ0n) is 13.9. The highest BCUT2D eigenvalue weighted by Crippen LogP contribution is 2.45. The minimum atomic E-state index is -0.714. The van der Waals surface area contributed by atoms with Crippen molar-refractivity contribution in [3.05, 3.63) is 38.5 Å². The maximum Gasteiger partial charge on any atom is 0.291 e. The van der Waals surface area contributed by atoms with Gasteiger partial charge in [-0.2, -0.15) is 0 Å². The smallest absolute Gasteiger partial charge is 0.291 e. The van der Waals surface area contributed by atoms with Gasteiger partial charge in [0.15, 0.2) is 23.1 Å². The summed E-state index contributed by atoms with van der Waals surface area (Å²) in [4.78, 5) is 26.2. The second-order valence-electron chi connectivity index (χ2n) is 4.78. The first-order valence-electron chi connectivity index (χ1n) is 6.97. The molecule has 26 heavy (non-hydrogen) atoms. The molecule has 0 aliphatic heterocycles. The number of methoxy groups -OCH3 is 3. The normalized spacial score (nSPS) is 10.2. The Morgan fingerprint density at radius 2 is 1.88 bits per heavy atom. The zero-order valence-corrected chi connectivity index (χ0v) is 15.5. The fourth-order valence-corrected chi connectivity index (χ4v) is 2.74. The first kappa shape index (κ1) is 19.2. The third-order valence-corrected chi connectivity index (χ3v) is 4.10. The van der Waals surface area contributed by atoms with Crippen LogP contribution in [-0.2, 0) is 0 Å². The highest BCUT2D eigenvalue weighted by molar-refractivity contribution is 9.10. The number of nitrogens with zero attached hydrogens (tertiary/aromatic N) is 2. The minimum Gasteiger partial charge on any atom is -0.504 e. The van der Waals surface area contributed by atoms with Crippen molar-refractivity contribution in [3.63, 3.8) is 0 Å². The number of aromatic nitrogens is 1. The Morgan fingerprint density at radius 3 is 2.38 bits per heavy atom. The summed E-state index contributed by atoms with van der Waals surface area (Å²) >= 11 is 3.27. The summed E-state index contributed by atoms with van der Waals surface area (Å²) < 4.78 is 15.9. The molecule has 0 fully saturated rings. The monoisotopic (exact) mass is 427 g/mol. The van der Waals surface area contributed by atoms with E-state index in [0.717, 1.165) is 12.3 Å². The SMILES string of the molecule is COc1cc(C(=O)Nc2ncc([N+](=O)[O-])cc2O)c(Br)c(OC)c1OC. The van der Waals surface area contributed by atoms with Crippen LogP contribution in [0.3, 0.4) is 0 Å². The standard InChI is InChI=1S/C15H14BrN3O7/c1-24-10-5-8(11(16)13(26-3)12(10)25-2)15(21)18-14-9(20)4-7(6-17-14)19(22)23/h4-6,20H,1-3H3,(H,17,18,21). The lowest BCUT2D eigenvalue weighted by Gasteiger charge is -2.16. The minimum absolute atomic E-state index is 0.110. The van der Waals surface area contributed by atoms with Crippen LogP contribution in [0.15, 0.2) is 22.8 Å². The number of carbonyl (C=O) groups excluding carboxylic acids is 1. The van der Waals surface area contributed by atoms with E-state index < -0.39 is 22.3 Å². The van der Waals surface area contributed by atoms with E-state index in [1.165, 1.54) is 27.4 Å². The Balaban J connectivity index is 2.43. The fourth-order valence-electron chi connectivity index (χ4n) is 2.10. The molecule has 0 bridgehead atoms. The van der Waals surface area contributed by atoms with Gasteiger partial charge in [0.05, 0.1) is 42.4 Å². The number of carbonyl (C=O) groups is 1. The molecule has 1 heterocycles. The van der Waals surface area contributed by atoms with E-state index in [4.69, 9.17) is 14.2 Å². The third-order valence-electron chi connectivity index (χ3n) is 3.31. The van der Waals surface area contributed by atoms with Crippen molar-refractivity contribution in [3.8, 4) is 23.0 Å². The number of hydrogen-bond donors (Lipinski definition) is 2. The maximum absolute atomic E-state index is 12.6. The summed E-state index contributed by atoms with van der Waals surface area (Å²) in [5.41, 5.74) is -0.298. The zero-order chi connectivity index (χ0) is 19.4. The van der Waals surface area contributed by atoms with Crippen LogP contribution in [0.4, 0.5) is 11.5 Å². The molecule has 0 aliphatic rings. The fraction of sp³-hybridized carbons (Fsp3) is 0.200. The first-order chi connectivity index (χ1) is 12.3. The first-order valence-corrected chi connectivity index (χ1v) is 7.76. The average Bonchev–Trinajstić information content (AvgIpc) is 2.62. The van der Waals surface area contributed by atoms with Gasteiger partial charge < -0.3 is 24.6 Å². The summed E-state index contributed by atoms with van der Waals surface area (Å²) in [7, 11) is 4.22. The lowest BCUT2D eigenvalue weighted by molar-refractivity contribution is -0.385. The van der Waals surface area contributed by atoms with Crippen LogP contribution in [0.1, 0.15) is 10.4 Å². The summed E-state index contributed by atoms with van der Waals surface area (Å²) in [6.07, 6.45) is 0.916. The largest absolute Gasteiger partial charge is 0.504 e. The Morgan fingerprint density at radius 1 is 1.23 bits per heavy atom. The summed E-state index contributed by atoms with van der Waals surface area (Å²) in [6.45, 7) is 0. The molecule has 0 unspecified atom stereocenters. The van der Waals surface area contributed by atoms with Crippen LogP contribution in [-0.4, -0.2) is 42.3 Å². The lowest BCUT2D eigenvalue weighted by atomic mass is 10.1. The van der Waals surface area contributed by atoms with E-state index in [0.29, 0.717) is 0 Å². The van der Waals surface area contributed by atoms with Gasteiger partial charge >= 0.3 is 0 Å². The molecule has 0 radical (unpaired) electrons. The number of nitrogens with one attached hydrogen (secondary N) is 1. The van der Waals surface area contributed by atoms with Gasteiger partial charge in [-0.3, -0.25) is 14.9 Å². The van der Waals surface area contributed by atoms with Crippen LogP contribution in [0.25, 0.3) is 0 Å². The van der Waals surface area contributed by atoms with Gasteiger partial charge in [0.2, 0.25) is 5.75 Å². The summed E-state index contributed by atoms with van der Waals surface area (Å²) in [5.74, 6) is -0.670. The van der Waals surface area contributed by atoms with Crippen molar-refractivity contribution in [1.82, 2.24) is 4.98 Å². The molecule has 1 amide bonds. The number of anilines is 1. The molecule has 2 rings (SSSR count). The number of ether oxygens (including phenoxy) is 3. The molecule has 0 saturated carbocycles. The molecule has 138 valence electrons. The number of hydrogen-bond acceptors (Lipinski definition) is 8. The quantitative estimate of drug-likeness (QED) is 0.530. The van der Waals surface area contributed by atoms with E-state index in [1.54, 1.807) is 0 Å². The molecule has 0 atom stereocenters. The van der Waals surface area contributed by atoms with E-state index in [2.05, 4.69) is 26.2 Å². The van der Waals surface area contributed by atoms with E-state index in [9.17, 15) is 20.0 Å². The number of benzene rings is 1. The topological polar surface area (TPSA) is 133 Å². The van der Waals surface area contributed by atoms with Crippen molar-refractivity contribution in [2.75, 3.05) is 26.6 Å². The molecular weight excluding hydrogens is 414 g/mol. The Bertz CT molecular complexity index is 873. The van der Waals surface area contributed by atoms with Crippen molar-refractivity contribution < 1.29 is 29.0 Å². The molecule has 0 spiro atoms. The number of rotatable bonds is 6. The molecule has 0 saturated heterocycles. The van der Waals surface area contributed by atoms with Crippen LogP contribution >= 0.6 is 15.9 Å². The highest BCUT2D eigenvalue weighted by Gasteiger charge is 2.24. The van der Waals surface area contributed by atoms with Crippen LogP contribution in [0, 0.1) is 10.1 Å². The van der Waals surface area contributed by atoms with Gasteiger partial charge in [0.1, 0.15) is 6.20 Å². The van der Waals surface area contributed by atoms with Crippen LogP contribution in [0.2, 0.25) is 0 Å². The molecule has 1 aromatic carbocycles. The summed E-state index contributed by atoms with van der Waals surface area (Å²) in [6, 6.07) is 2.29. The van der Waals surface area contributed by atoms with Gasteiger partial charge in [0, 0.05) is 0 Å². The highest BCUT2D eigenvalue weighted by atomic mass is 79.9. The third kappa shape index (κ3) is 3.61. The number of pyridine rings is 1.